The highest BCUT2D eigenvalue weighted by molar-refractivity contribution is 7.80. The second-order valence-electron chi connectivity index (χ2n) is 7.67. The Kier molecular flexibility index (Phi) is 7.66. The summed E-state index contributed by atoms with van der Waals surface area (Å²) in [6.45, 7) is 8.04. The molecule has 0 saturated carbocycles. The van der Waals surface area contributed by atoms with Crippen molar-refractivity contribution < 1.29 is 14.4 Å². The number of carbonyl (C=O) groups excluding carboxylic acids is 3. The summed E-state index contributed by atoms with van der Waals surface area (Å²) in [7, 11) is 0. The van der Waals surface area contributed by atoms with E-state index in [0.29, 0.717) is 23.2 Å². The monoisotopic (exact) mass is 426 g/mol. The molecule has 0 aliphatic rings. The first-order valence-electron chi connectivity index (χ1n) is 9.52. The normalized spacial score (nSPS) is 10.7. The Morgan fingerprint density at radius 3 is 1.90 bits per heavy atom. The van der Waals surface area contributed by atoms with Crippen molar-refractivity contribution in [3.05, 3.63) is 65.2 Å². The van der Waals surface area contributed by atoms with Gasteiger partial charge in [-0.25, -0.2) is 0 Å². The lowest BCUT2D eigenvalue weighted by Gasteiger charge is -2.19. The van der Waals surface area contributed by atoms with Crippen molar-refractivity contribution in [2.45, 2.75) is 39.5 Å². The summed E-state index contributed by atoms with van der Waals surface area (Å²) in [5, 5.41) is 5.19. The van der Waals surface area contributed by atoms with Crippen molar-refractivity contribution in [1.82, 2.24) is 16.2 Å². The van der Waals surface area contributed by atoms with Crippen molar-refractivity contribution in [3.8, 4) is 0 Å². The first-order valence-corrected chi connectivity index (χ1v) is 9.93. The summed E-state index contributed by atoms with van der Waals surface area (Å²) in [4.78, 5) is 35.9. The lowest BCUT2D eigenvalue weighted by molar-refractivity contribution is -0.115. The van der Waals surface area contributed by atoms with Crippen LogP contribution in [-0.4, -0.2) is 22.8 Å². The number of hydrogen-bond donors (Lipinski definition) is 4. The van der Waals surface area contributed by atoms with Crippen LogP contribution in [-0.2, 0) is 10.2 Å². The molecule has 0 aliphatic heterocycles. The van der Waals surface area contributed by atoms with Crippen LogP contribution in [0.2, 0.25) is 0 Å². The quantitative estimate of drug-likeness (QED) is 0.444. The van der Waals surface area contributed by atoms with Crippen molar-refractivity contribution >= 4 is 40.7 Å². The van der Waals surface area contributed by atoms with Gasteiger partial charge in [-0.05, 0) is 59.6 Å². The minimum atomic E-state index is -0.436. The van der Waals surface area contributed by atoms with Crippen LogP contribution in [0.1, 0.15) is 60.4 Å². The third-order valence-electron chi connectivity index (χ3n) is 4.28. The van der Waals surface area contributed by atoms with E-state index in [0.717, 1.165) is 5.56 Å². The largest absolute Gasteiger partial charge is 0.326 e. The molecule has 0 bridgehead atoms. The van der Waals surface area contributed by atoms with Crippen molar-refractivity contribution in [1.29, 1.82) is 0 Å². The molecule has 2 rings (SSSR count). The Labute approximate surface area is 181 Å². The molecule has 158 valence electrons. The number of anilines is 1. The zero-order chi connectivity index (χ0) is 22.3. The van der Waals surface area contributed by atoms with Gasteiger partial charge >= 0.3 is 0 Å². The van der Waals surface area contributed by atoms with E-state index >= 15 is 0 Å². The summed E-state index contributed by atoms with van der Waals surface area (Å²) in [5.74, 6) is -0.921. The maximum absolute atomic E-state index is 12.3. The van der Waals surface area contributed by atoms with E-state index in [1.54, 1.807) is 43.3 Å². The van der Waals surface area contributed by atoms with Gasteiger partial charge in [-0.3, -0.25) is 30.6 Å². The molecule has 3 amide bonds. The predicted octanol–water partition coefficient (Wildman–Crippen LogP) is 3.28. The van der Waals surface area contributed by atoms with Gasteiger partial charge in [0, 0.05) is 23.2 Å². The summed E-state index contributed by atoms with van der Waals surface area (Å²) in [5.41, 5.74) is 7.47. The highest BCUT2D eigenvalue weighted by Gasteiger charge is 2.15. The standard InChI is InChI=1S/C22H26N4O3S/c1-5-18(27)23-17-12-8-15(9-13-17)20(29)25-26-21(30)24-19(28)14-6-10-16(11-7-14)22(2,3)4/h6-13H,5H2,1-4H3,(H,23,27)(H,25,29)(H2,24,26,28,30). The molecule has 0 fully saturated rings. The molecule has 2 aromatic carbocycles. The highest BCUT2D eigenvalue weighted by atomic mass is 32.1. The first-order chi connectivity index (χ1) is 14.1. The molecular formula is C22H26N4O3S. The highest BCUT2D eigenvalue weighted by Crippen LogP contribution is 2.22. The Morgan fingerprint density at radius 1 is 0.833 bits per heavy atom. The molecule has 0 heterocycles. The van der Waals surface area contributed by atoms with Crippen LogP contribution < -0.4 is 21.5 Å². The second-order valence-corrected chi connectivity index (χ2v) is 8.08. The third-order valence-corrected chi connectivity index (χ3v) is 4.49. The lowest BCUT2D eigenvalue weighted by Crippen LogP contribution is -2.48. The van der Waals surface area contributed by atoms with Gasteiger partial charge in [0.1, 0.15) is 0 Å². The molecule has 4 N–H and O–H groups in total. The van der Waals surface area contributed by atoms with Crippen LogP contribution in [0.5, 0.6) is 0 Å². The molecule has 2 aromatic rings. The van der Waals surface area contributed by atoms with E-state index in [1.807, 2.05) is 12.1 Å². The number of benzene rings is 2. The fourth-order valence-corrected chi connectivity index (χ4v) is 2.61. The predicted molar refractivity (Wildman–Crippen MR) is 121 cm³/mol. The summed E-state index contributed by atoms with van der Waals surface area (Å²) in [6, 6.07) is 13.7. The van der Waals surface area contributed by atoms with Crippen LogP contribution in [0.4, 0.5) is 5.69 Å². The maximum Gasteiger partial charge on any atom is 0.269 e. The number of amides is 3. The van der Waals surface area contributed by atoms with Crippen LogP contribution >= 0.6 is 12.2 Å². The molecular weight excluding hydrogens is 400 g/mol. The SMILES string of the molecule is CCC(=O)Nc1ccc(C(=O)NNC(=S)NC(=O)c2ccc(C(C)(C)C)cc2)cc1. The third kappa shape index (κ3) is 6.66. The Morgan fingerprint density at radius 2 is 1.37 bits per heavy atom. The molecule has 8 heteroatoms. The molecule has 0 aromatic heterocycles. The average Bonchev–Trinajstić information content (AvgIpc) is 2.71. The minimum absolute atomic E-state index is 0.00403. The van der Waals surface area contributed by atoms with Crippen molar-refractivity contribution in [2.24, 2.45) is 0 Å². The van der Waals surface area contributed by atoms with E-state index in [9.17, 15) is 14.4 Å². The number of nitrogens with one attached hydrogen (secondary N) is 4. The number of thiocarbonyl (C=S) groups is 1. The first kappa shape index (κ1) is 23.0. The zero-order valence-electron chi connectivity index (χ0n) is 17.5. The van der Waals surface area contributed by atoms with Gasteiger partial charge in [-0.1, -0.05) is 39.8 Å². The summed E-state index contributed by atoms with van der Waals surface area (Å²) < 4.78 is 0. The van der Waals surface area contributed by atoms with Crippen molar-refractivity contribution in [3.63, 3.8) is 0 Å². The molecule has 7 nitrogen and oxygen atoms in total. The van der Waals surface area contributed by atoms with Crippen LogP contribution in [0.3, 0.4) is 0 Å². The van der Waals surface area contributed by atoms with Crippen LogP contribution in [0, 0.1) is 0 Å². The maximum atomic E-state index is 12.3. The van der Waals surface area contributed by atoms with Gasteiger partial charge in [0.25, 0.3) is 11.8 Å². The summed E-state index contributed by atoms with van der Waals surface area (Å²) in [6.07, 6.45) is 0.371. The Balaban J connectivity index is 1.85. The fraction of sp³-hybridized carbons (Fsp3) is 0.273. The number of rotatable bonds is 4. The molecule has 0 atom stereocenters. The molecule has 0 spiro atoms. The van der Waals surface area contributed by atoms with Crippen LogP contribution in [0.15, 0.2) is 48.5 Å². The van der Waals surface area contributed by atoms with Gasteiger partial charge in [-0.2, -0.15) is 0 Å². The Hall–Kier alpha value is -3.26. The van der Waals surface area contributed by atoms with Gasteiger partial charge < -0.3 is 5.32 Å². The fourth-order valence-electron chi connectivity index (χ4n) is 2.47. The van der Waals surface area contributed by atoms with Crippen LogP contribution in [0.25, 0.3) is 0 Å². The second kappa shape index (κ2) is 9.98. The smallest absolute Gasteiger partial charge is 0.269 e. The van der Waals surface area contributed by atoms with E-state index in [2.05, 4.69) is 42.3 Å². The number of hydrazine groups is 1. The molecule has 0 unspecified atom stereocenters. The zero-order valence-corrected chi connectivity index (χ0v) is 18.3. The van der Waals surface area contributed by atoms with Gasteiger partial charge in [0.2, 0.25) is 5.91 Å². The topological polar surface area (TPSA) is 99.3 Å². The minimum Gasteiger partial charge on any atom is -0.326 e. The molecule has 30 heavy (non-hydrogen) atoms. The molecule has 0 radical (unpaired) electrons. The van der Waals surface area contributed by atoms with Gasteiger partial charge in [0.15, 0.2) is 5.11 Å². The number of hydrogen-bond acceptors (Lipinski definition) is 4. The average molecular weight is 427 g/mol. The molecule has 0 saturated heterocycles. The Bertz CT molecular complexity index is 932. The molecule has 0 aliphatic carbocycles. The van der Waals surface area contributed by atoms with Gasteiger partial charge in [0.05, 0.1) is 0 Å². The van der Waals surface area contributed by atoms with E-state index in [1.165, 1.54) is 0 Å². The van der Waals surface area contributed by atoms with E-state index < -0.39 is 5.91 Å². The number of carbonyl (C=O) groups is 3. The van der Waals surface area contributed by atoms with E-state index in [-0.39, 0.29) is 22.3 Å². The van der Waals surface area contributed by atoms with Crippen molar-refractivity contribution in [2.75, 3.05) is 5.32 Å². The summed E-state index contributed by atoms with van der Waals surface area (Å²) >= 11 is 5.06. The van der Waals surface area contributed by atoms with E-state index in [4.69, 9.17) is 12.2 Å². The van der Waals surface area contributed by atoms with Gasteiger partial charge in [-0.15, -0.1) is 0 Å². The lowest BCUT2D eigenvalue weighted by atomic mass is 9.87.